The molecule has 0 bridgehead atoms. The van der Waals surface area contributed by atoms with Gasteiger partial charge in [0.05, 0.1) is 16.5 Å². The van der Waals surface area contributed by atoms with Gasteiger partial charge in [0.15, 0.2) is 5.75 Å². The molecule has 0 radical (unpaired) electrons. The molecule has 0 unspecified atom stereocenters. The van der Waals surface area contributed by atoms with E-state index in [0.29, 0.717) is 0 Å². The maximum absolute atomic E-state index is 12.2. The molecule has 3 nitrogen and oxygen atoms in total. The lowest BCUT2D eigenvalue weighted by Crippen LogP contribution is -2.14. The number of carbonyl (C=O) groups excluding carboxylic acids is 1. The Bertz CT molecular complexity index is 710. The normalized spacial score (nSPS) is 11.4. The SMILES string of the molecule is O=C(Oc1c(Cl)cc(Cl)cc1Cl)c1ccc(CC(F)(F)F)cn1. The van der Waals surface area contributed by atoms with Gasteiger partial charge in [-0.25, -0.2) is 9.78 Å². The Labute approximate surface area is 143 Å². The molecule has 0 saturated carbocycles. The van der Waals surface area contributed by atoms with E-state index >= 15 is 0 Å². The van der Waals surface area contributed by atoms with Crippen molar-refractivity contribution in [3.63, 3.8) is 0 Å². The second kappa shape index (κ2) is 6.95. The Kier molecular flexibility index (Phi) is 5.39. The minimum Gasteiger partial charge on any atom is -0.419 e. The largest absolute Gasteiger partial charge is 0.419 e. The van der Waals surface area contributed by atoms with Gasteiger partial charge in [-0.05, 0) is 23.8 Å². The summed E-state index contributed by atoms with van der Waals surface area (Å²) < 4.78 is 41.8. The summed E-state index contributed by atoms with van der Waals surface area (Å²) in [6, 6.07) is 4.93. The predicted octanol–water partition coefficient (Wildman–Crippen LogP) is 5.37. The highest BCUT2D eigenvalue weighted by molar-refractivity contribution is 6.40. The number of benzene rings is 1. The molecule has 122 valence electrons. The number of nitrogens with zero attached hydrogens (tertiary/aromatic N) is 1. The molecular formula is C14H7Cl3F3NO2. The topological polar surface area (TPSA) is 39.2 Å². The van der Waals surface area contributed by atoms with Crippen LogP contribution in [0, 0.1) is 0 Å². The van der Waals surface area contributed by atoms with Crippen LogP contribution in [-0.4, -0.2) is 17.1 Å². The van der Waals surface area contributed by atoms with Gasteiger partial charge in [-0.3, -0.25) is 0 Å². The highest BCUT2D eigenvalue weighted by Crippen LogP contribution is 2.36. The van der Waals surface area contributed by atoms with Gasteiger partial charge in [0, 0.05) is 11.2 Å². The molecule has 0 aliphatic rings. The summed E-state index contributed by atoms with van der Waals surface area (Å²) in [7, 11) is 0. The fourth-order valence-corrected chi connectivity index (χ4v) is 2.55. The highest BCUT2D eigenvalue weighted by Gasteiger charge is 2.28. The van der Waals surface area contributed by atoms with Gasteiger partial charge in [0.25, 0.3) is 0 Å². The van der Waals surface area contributed by atoms with Crippen molar-refractivity contribution in [1.29, 1.82) is 0 Å². The van der Waals surface area contributed by atoms with Crippen LogP contribution in [-0.2, 0) is 6.42 Å². The van der Waals surface area contributed by atoms with Gasteiger partial charge in [-0.15, -0.1) is 0 Å². The Morgan fingerprint density at radius 3 is 2.22 bits per heavy atom. The summed E-state index contributed by atoms with van der Waals surface area (Å²) >= 11 is 17.5. The zero-order valence-electron chi connectivity index (χ0n) is 11.1. The van der Waals surface area contributed by atoms with Gasteiger partial charge in [0.1, 0.15) is 5.69 Å². The lowest BCUT2D eigenvalue weighted by Gasteiger charge is -2.09. The van der Waals surface area contributed by atoms with E-state index in [-0.39, 0.29) is 32.1 Å². The molecule has 0 N–H and O–H groups in total. The van der Waals surface area contributed by atoms with Crippen molar-refractivity contribution in [3.05, 3.63) is 56.8 Å². The number of carbonyl (C=O) groups is 1. The van der Waals surface area contributed by atoms with Crippen LogP contribution in [0.1, 0.15) is 16.1 Å². The van der Waals surface area contributed by atoms with E-state index in [1.54, 1.807) is 0 Å². The van der Waals surface area contributed by atoms with Crippen molar-refractivity contribution in [2.45, 2.75) is 12.6 Å². The third kappa shape index (κ3) is 4.99. The van der Waals surface area contributed by atoms with E-state index < -0.39 is 18.6 Å². The molecule has 0 amide bonds. The van der Waals surface area contributed by atoms with Crippen LogP contribution in [0.3, 0.4) is 0 Å². The number of halogens is 6. The Morgan fingerprint density at radius 1 is 1.13 bits per heavy atom. The number of ether oxygens (including phenoxy) is 1. The molecule has 1 heterocycles. The summed E-state index contributed by atoms with van der Waals surface area (Å²) in [6.45, 7) is 0. The molecule has 9 heteroatoms. The van der Waals surface area contributed by atoms with Crippen molar-refractivity contribution in [1.82, 2.24) is 4.98 Å². The summed E-state index contributed by atoms with van der Waals surface area (Å²) in [6.07, 6.45) is -4.53. The molecule has 0 atom stereocenters. The van der Waals surface area contributed by atoms with Crippen LogP contribution >= 0.6 is 34.8 Å². The van der Waals surface area contributed by atoms with Crippen LogP contribution in [0.2, 0.25) is 15.1 Å². The van der Waals surface area contributed by atoms with E-state index in [2.05, 4.69) is 4.98 Å². The van der Waals surface area contributed by atoms with Crippen LogP contribution < -0.4 is 4.74 Å². The molecule has 2 aromatic rings. The molecule has 23 heavy (non-hydrogen) atoms. The van der Waals surface area contributed by atoms with Crippen LogP contribution in [0.15, 0.2) is 30.5 Å². The second-order valence-electron chi connectivity index (χ2n) is 4.43. The van der Waals surface area contributed by atoms with Gasteiger partial charge in [-0.2, -0.15) is 13.2 Å². The van der Waals surface area contributed by atoms with Gasteiger partial charge in [0.2, 0.25) is 0 Å². The standard InChI is InChI=1S/C14H7Cl3F3NO2/c15-8-3-9(16)12(10(17)4-8)23-13(22)11-2-1-7(6-21-11)5-14(18,19)20/h1-4,6H,5H2. The Morgan fingerprint density at radius 2 is 1.74 bits per heavy atom. The van der Waals surface area contributed by atoms with E-state index in [1.165, 1.54) is 12.1 Å². The van der Waals surface area contributed by atoms with Crippen molar-refractivity contribution in [2.24, 2.45) is 0 Å². The summed E-state index contributed by atoms with van der Waals surface area (Å²) in [4.78, 5) is 15.6. The van der Waals surface area contributed by atoms with E-state index in [4.69, 9.17) is 39.5 Å². The molecule has 1 aromatic carbocycles. The van der Waals surface area contributed by atoms with Crippen LogP contribution in [0.4, 0.5) is 13.2 Å². The van der Waals surface area contributed by atoms with Crippen LogP contribution in [0.5, 0.6) is 5.75 Å². The maximum Gasteiger partial charge on any atom is 0.393 e. The molecule has 0 aliphatic carbocycles. The summed E-state index contributed by atoms with van der Waals surface area (Å²) in [5.41, 5.74) is -0.255. The lowest BCUT2D eigenvalue weighted by molar-refractivity contribution is -0.127. The van der Waals surface area contributed by atoms with Gasteiger partial charge in [-0.1, -0.05) is 40.9 Å². The first-order chi connectivity index (χ1) is 10.7. The van der Waals surface area contributed by atoms with Crippen molar-refractivity contribution in [2.75, 3.05) is 0 Å². The molecule has 0 saturated heterocycles. The number of esters is 1. The summed E-state index contributed by atoms with van der Waals surface area (Å²) in [5.74, 6) is -1.02. The lowest BCUT2D eigenvalue weighted by atomic mass is 10.2. The third-order valence-electron chi connectivity index (χ3n) is 2.60. The maximum atomic E-state index is 12.2. The van der Waals surface area contributed by atoms with E-state index in [9.17, 15) is 18.0 Å². The first-order valence-electron chi connectivity index (χ1n) is 6.04. The first kappa shape index (κ1) is 17.8. The molecule has 0 spiro atoms. The average Bonchev–Trinajstić information content (AvgIpc) is 2.41. The van der Waals surface area contributed by atoms with Crippen LogP contribution in [0.25, 0.3) is 0 Å². The predicted molar refractivity (Wildman–Crippen MR) is 80.4 cm³/mol. The molecule has 2 rings (SSSR count). The quantitative estimate of drug-likeness (QED) is 0.528. The molecule has 0 fully saturated rings. The average molecular weight is 385 g/mol. The number of hydrogen-bond acceptors (Lipinski definition) is 3. The zero-order valence-corrected chi connectivity index (χ0v) is 13.4. The minimum atomic E-state index is -4.35. The monoisotopic (exact) mass is 383 g/mol. The highest BCUT2D eigenvalue weighted by atomic mass is 35.5. The number of alkyl halides is 3. The Balaban J connectivity index is 2.16. The molecule has 0 aliphatic heterocycles. The second-order valence-corrected chi connectivity index (χ2v) is 5.68. The summed E-state index contributed by atoms with van der Waals surface area (Å²) in [5, 5.41) is 0.295. The van der Waals surface area contributed by atoms with E-state index in [1.807, 2.05) is 0 Å². The molecule has 1 aromatic heterocycles. The van der Waals surface area contributed by atoms with Crippen molar-refractivity contribution in [3.8, 4) is 5.75 Å². The molecular weight excluding hydrogens is 378 g/mol. The van der Waals surface area contributed by atoms with Gasteiger partial charge >= 0.3 is 12.1 Å². The smallest absolute Gasteiger partial charge is 0.393 e. The minimum absolute atomic E-state index is 0.0181. The number of hydrogen-bond donors (Lipinski definition) is 0. The zero-order chi connectivity index (χ0) is 17.2. The van der Waals surface area contributed by atoms with Gasteiger partial charge < -0.3 is 4.74 Å². The van der Waals surface area contributed by atoms with Crippen molar-refractivity contribution >= 4 is 40.8 Å². The fourth-order valence-electron chi connectivity index (χ4n) is 1.65. The Hall–Kier alpha value is -1.50. The number of aromatic nitrogens is 1. The number of pyridine rings is 1. The number of rotatable bonds is 3. The first-order valence-corrected chi connectivity index (χ1v) is 7.17. The third-order valence-corrected chi connectivity index (χ3v) is 3.38. The van der Waals surface area contributed by atoms with Crippen molar-refractivity contribution < 1.29 is 22.7 Å². The van der Waals surface area contributed by atoms with E-state index in [0.717, 1.165) is 18.3 Å². The fraction of sp³-hybridized carbons (Fsp3) is 0.143.